The number of rotatable bonds is 4. The third-order valence-corrected chi connectivity index (χ3v) is 6.34. The smallest absolute Gasteiger partial charge is 0.341 e. The van der Waals surface area contributed by atoms with E-state index in [0.717, 1.165) is 40.5 Å². The Morgan fingerprint density at radius 3 is 2.50 bits per heavy atom. The number of pyridine rings is 1. The first kappa shape index (κ1) is 21.8. The van der Waals surface area contributed by atoms with Gasteiger partial charge in [-0.25, -0.2) is 13.6 Å². The van der Waals surface area contributed by atoms with Gasteiger partial charge in [-0.05, 0) is 19.1 Å². The van der Waals surface area contributed by atoms with E-state index in [0.29, 0.717) is 30.4 Å². The van der Waals surface area contributed by atoms with Crippen molar-refractivity contribution >= 4 is 40.0 Å². The maximum absolute atomic E-state index is 14.7. The Kier molecular flexibility index (Phi) is 5.59. The lowest BCUT2D eigenvalue weighted by molar-refractivity contribution is -0.384. The maximum atomic E-state index is 14.7. The second kappa shape index (κ2) is 8.23. The van der Waals surface area contributed by atoms with Crippen LogP contribution < -0.4 is 10.3 Å². The number of nitro benzene ring substituents is 1. The average Bonchev–Trinajstić information content (AvgIpc) is 2.74. The number of nitro groups is 1. The third kappa shape index (κ3) is 3.58. The van der Waals surface area contributed by atoms with Gasteiger partial charge in [0.2, 0.25) is 5.43 Å². The zero-order valence-electron chi connectivity index (χ0n) is 16.8. The summed E-state index contributed by atoms with van der Waals surface area (Å²) in [4.78, 5) is 37.7. The average molecular weight is 461 g/mol. The summed E-state index contributed by atoms with van der Waals surface area (Å²) in [5, 5.41) is 21.2. The van der Waals surface area contributed by atoms with Gasteiger partial charge in [0.05, 0.1) is 21.5 Å². The number of thioether (sulfide) groups is 1. The maximum Gasteiger partial charge on any atom is 0.341 e. The molecule has 2 heterocycles. The molecule has 4 rings (SSSR count). The van der Waals surface area contributed by atoms with Crippen molar-refractivity contribution in [2.24, 2.45) is 0 Å². The first-order chi connectivity index (χ1) is 15.2. The van der Waals surface area contributed by atoms with Gasteiger partial charge in [-0.2, -0.15) is 11.8 Å². The standard InChI is InChI=1S/C21H17F2N3O5S/c1-11-18-13(9-17(26(30)31)19(11)24-4-6-32-7-5-24)20(27)14(21(28)29)10-25(18)16-3-2-12(22)8-15(16)23/h2-3,8-10H,4-7H2,1H3,(H,28,29). The van der Waals surface area contributed by atoms with Crippen molar-refractivity contribution in [1.29, 1.82) is 0 Å². The second-order valence-electron chi connectivity index (χ2n) is 7.26. The van der Waals surface area contributed by atoms with E-state index in [-0.39, 0.29) is 22.3 Å². The number of hydrogen-bond donors (Lipinski definition) is 1. The zero-order chi connectivity index (χ0) is 23.2. The largest absolute Gasteiger partial charge is 0.477 e. The van der Waals surface area contributed by atoms with Gasteiger partial charge in [0.15, 0.2) is 0 Å². The van der Waals surface area contributed by atoms with Crippen LogP contribution in [-0.2, 0) is 0 Å². The minimum atomic E-state index is -1.56. The van der Waals surface area contributed by atoms with Gasteiger partial charge in [0.1, 0.15) is 22.9 Å². The molecule has 3 aromatic rings. The Bertz CT molecular complexity index is 1340. The van der Waals surface area contributed by atoms with Crippen LogP contribution in [0.5, 0.6) is 0 Å². The van der Waals surface area contributed by atoms with Gasteiger partial charge in [0, 0.05) is 48.5 Å². The first-order valence-electron chi connectivity index (χ1n) is 9.59. The van der Waals surface area contributed by atoms with E-state index in [9.17, 15) is 33.6 Å². The van der Waals surface area contributed by atoms with Crippen molar-refractivity contribution < 1.29 is 23.6 Å². The summed E-state index contributed by atoms with van der Waals surface area (Å²) in [6.45, 7) is 2.66. The van der Waals surface area contributed by atoms with Crippen LogP contribution in [0.3, 0.4) is 0 Å². The minimum Gasteiger partial charge on any atom is -0.477 e. The van der Waals surface area contributed by atoms with Crippen molar-refractivity contribution in [1.82, 2.24) is 4.57 Å². The van der Waals surface area contributed by atoms with Crippen LogP contribution in [0, 0.1) is 28.7 Å². The number of aromatic carboxylic acids is 1. The molecule has 0 spiro atoms. The van der Waals surface area contributed by atoms with E-state index in [1.165, 1.54) is 0 Å². The number of anilines is 1. The van der Waals surface area contributed by atoms with E-state index in [2.05, 4.69) is 0 Å². The van der Waals surface area contributed by atoms with Gasteiger partial charge in [0.25, 0.3) is 5.69 Å². The van der Waals surface area contributed by atoms with Crippen molar-refractivity contribution in [3.8, 4) is 5.69 Å². The Labute approximate surface area is 184 Å². The summed E-state index contributed by atoms with van der Waals surface area (Å²) >= 11 is 1.71. The highest BCUT2D eigenvalue weighted by atomic mass is 32.2. The molecule has 2 aromatic carbocycles. The molecule has 32 heavy (non-hydrogen) atoms. The highest BCUT2D eigenvalue weighted by Gasteiger charge is 2.29. The van der Waals surface area contributed by atoms with E-state index < -0.39 is 33.5 Å². The lowest BCUT2D eigenvalue weighted by Gasteiger charge is -2.30. The van der Waals surface area contributed by atoms with Crippen LogP contribution in [0.4, 0.5) is 20.2 Å². The minimum absolute atomic E-state index is 0.129. The molecular formula is C21H17F2N3O5S. The summed E-state index contributed by atoms with van der Waals surface area (Å²) in [6, 6.07) is 3.82. The summed E-state index contributed by atoms with van der Waals surface area (Å²) in [6.07, 6.45) is 0.970. The molecule has 0 radical (unpaired) electrons. The number of nitrogens with zero attached hydrogens (tertiary/aromatic N) is 3. The molecule has 166 valence electrons. The zero-order valence-corrected chi connectivity index (χ0v) is 17.6. The first-order valence-corrected chi connectivity index (χ1v) is 10.7. The van der Waals surface area contributed by atoms with Crippen molar-refractivity contribution in [3.05, 3.63) is 73.6 Å². The lowest BCUT2D eigenvalue weighted by atomic mass is 10.0. The number of halogens is 2. The van der Waals surface area contributed by atoms with E-state index in [4.69, 9.17) is 0 Å². The molecule has 0 atom stereocenters. The molecule has 1 aliphatic heterocycles. The molecule has 1 aliphatic rings. The van der Waals surface area contributed by atoms with Gasteiger partial charge >= 0.3 is 5.97 Å². The number of carboxylic acid groups (broad SMARTS) is 1. The quantitative estimate of drug-likeness (QED) is 0.466. The molecule has 1 N–H and O–H groups in total. The van der Waals surface area contributed by atoms with Crippen LogP contribution in [0.2, 0.25) is 0 Å². The SMILES string of the molecule is Cc1c(N2CCSCC2)c([N+](=O)[O-])cc2c(=O)c(C(=O)O)cn(-c3ccc(F)cc3F)c12. The summed E-state index contributed by atoms with van der Waals surface area (Å²) in [5.74, 6) is -1.85. The van der Waals surface area contributed by atoms with E-state index in [1.807, 2.05) is 4.90 Å². The van der Waals surface area contributed by atoms with E-state index in [1.54, 1.807) is 18.7 Å². The van der Waals surface area contributed by atoms with Crippen LogP contribution in [0.15, 0.2) is 35.3 Å². The monoisotopic (exact) mass is 461 g/mol. The van der Waals surface area contributed by atoms with Crippen molar-refractivity contribution in [3.63, 3.8) is 0 Å². The Balaban J connectivity index is 2.17. The molecule has 1 saturated heterocycles. The molecule has 1 fully saturated rings. The van der Waals surface area contributed by atoms with E-state index >= 15 is 0 Å². The molecule has 0 aliphatic carbocycles. The fourth-order valence-electron chi connectivity index (χ4n) is 4.00. The lowest BCUT2D eigenvalue weighted by Crippen LogP contribution is -2.33. The summed E-state index contributed by atoms with van der Waals surface area (Å²) in [5.41, 5.74) is -1.36. The number of benzene rings is 2. The van der Waals surface area contributed by atoms with Crippen LogP contribution in [-0.4, -0.2) is 45.2 Å². The third-order valence-electron chi connectivity index (χ3n) is 5.40. The number of carbonyl (C=O) groups is 1. The van der Waals surface area contributed by atoms with Crippen molar-refractivity contribution in [2.45, 2.75) is 6.92 Å². The number of fused-ring (bicyclic) bond motifs is 1. The predicted molar refractivity (Wildman–Crippen MR) is 117 cm³/mol. The second-order valence-corrected chi connectivity index (χ2v) is 8.49. The van der Waals surface area contributed by atoms with Gasteiger partial charge in [-0.1, -0.05) is 0 Å². The normalized spacial score (nSPS) is 14.0. The summed E-state index contributed by atoms with van der Waals surface area (Å²) in [7, 11) is 0. The van der Waals surface area contributed by atoms with Gasteiger partial charge in [-0.3, -0.25) is 14.9 Å². The topological polar surface area (TPSA) is 106 Å². The molecule has 1 aromatic heterocycles. The molecule has 8 nitrogen and oxygen atoms in total. The molecule has 0 bridgehead atoms. The molecule has 0 saturated carbocycles. The van der Waals surface area contributed by atoms with Crippen LogP contribution >= 0.6 is 11.8 Å². The summed E-state index contributed by atoms with van der Waals surface area (Å²) < 4.78 is 29.3. The number of aromatic nitrogens is 1. The van der Waals surface area contributed by atoms with Gasteiger partial charge < -0.3 is 14.6 Å². The molecule has 11 heteroatoms. The molecular weight excluding hydrogens is 444 g/mol. The van der Waals surface area contributed by atoms with Crippen LogP contribution in [0.25, 0.3) is 16.6 Å². The fraction of sp³-hybridized carbons (Fsp3) is 0.238. The van der Waals surface area contributed by atoms with Crippen molar-refractivity contribution in [2.75, 3.05) is 29.5 Å². The Morgan fingerprint density at radius 1 is 1.22 bits per heavy atom. The fourth-order valence-corrected chi connectivity index (χ4v) is 4.91. The number of aryl methyl sites for hydroxylation is 1. The highest BCUT2D eigenvalue weighted by Crippen LogP contribution is 2.38. The number of hydrogen-bond acceptors (Lipinski definition) is 6. The predicted octanol–water partition coefficient (Wildman–Crippen LogP) is 3.74. The molecule has 0 unspecified atom stereocenters. The van der Waals surface area contributed by atoms with Gasteiger partial charge in [-0.15, -0.1) is 0 Å². The Morgan fingerprint density at radius 2 is 1.91 bits per heavy atom. The van der Waals surface area contributed by atoms with Crippen LogP contribution in [0.1, 0.15) is 15.9 Å². The Hall–Kier alpha value is -3.47. The molecule has 0 amide bonds. The highest BCUT2D eigenvalue weighted by molar-refractivity contribution is 7.99. The number of carboxylic acids is 1.